The molecule has 0 fully saturated rings. The van der Waals surface area contributed by atoms with Gasteiger partial charge < -0.3 is 10.6 Å². The van der Waals surface area contributed by atoms with Crippen LogP contribution in [0.3, 0.4) is 0 Å². The van der Waals surface area contributed by atoms with E-state index in [1.807, 2.05) is 20.8 Å². The van der Waals surface area contributed by atoms with E-state index >= 15 is 0 Å². The summed E-state index contributed by atoms with van der Waals surface area (Å²) in [6.45, 7) is 7.04. The molecular weight excluding hydrogens is 258 g/mol. The molecule has 7 heteroatoms. The van der Waals surface area contributed by atoms with Crippen molar-refractivity contribution in [1.29, 1.82) is 0 Å². The molecule has 0 bridgehead atoms. The standard InChI is InChI=1S/C11H20ClN3O3/c1-7(9(17)15-11(2,3)4)13-10(18)14-8(16)5-6-12/h7H,5-6H2,1-4H3,(H,15,17)(H2,13,14,16,18). The predicted molar refractivity (Wildman–Crippen MR) is 69.4 cm³/mol. The van der Waals surface area contributed by atoms with E-state index in [-0.39, 0.29) is 23.7 Å². The van der Waals surface area contributed by atoms with Crippen molar-refractivity contribution < 1.29 is 14.4 Å². The quantitative estimate of drug-likeness (QED) is 0.663. The van der Waals surface area contributed by atoms with Crippen molar-refractivity contribution in [2.45, 2.75) is 45.7 Å². The van der Waals surface area contributed by atoms with E-state index in [0.29, 0.717) is 0 Å². The molecule has 0 heterocycles. The molecule has 18 heavy (non-hydrogen) atoms. The first-order chi connectivity index (χ1) is 8.15. The van der Waals surface area contributed by atoms with Crippen LogP contribution >= 0.6 is 11.6 Å². The number of nitrogens with one attached hydrogen (secondary N) is 3. The molecule has 0 aromatic rings. The van der Waals surface area contributed by atoms with Crippen LogP contribution in [0.4, 0.5) is 4.79 Å². The fourth-order valence-electron chi connectivity index (χ4n) is 1.05. The maximum Gasteiger partial charge on any atom is 0.322 e. The molecule has 0 radical (unpaired) electrons. The van der Waals surface area contributed by atoms with Gasteiger partial charge in [0.05, 0.1) is 0 Å². The lowest BCUT2D eigenvalue weighted by atomic mass is 10.1. The Morgan fingerprint density at radius 1 is 1.22 bits per heavy atom. The second kappa shape index (κ2) is 7.20. The maximum atomic E-state index is 11.6. The number of rotatable bonds is 4. The van der Waals surface area contributed by atoms with Gasteiger partial charge in [0, 0.05) is 17.8 Å². The van der Waals surface area contributed by atoms with E-state index in [1.54, 1.807) is 0 Å². The Balaban J connectivity index is 4.15. The molecule has 6 nitrogen and oxygen atoms in total. The number of carbonyl (C=O) groups excluding carboxylic acids is 3. The fourth-order valence-corrected chi connectivity index (χ4v) is 1.22. The maximum absolute atomic E-state index is 11.6. The number of halogens is 1. The van der Waals surface area contributed by atoms with Crippen molar-refractivity contribution in [2.75, 3.05) is 5.88 Å². The highest BCUT2D eigenvalue weighted by atomic mass is 35.5. The third-order valence-electron chi connectivity index (χ3n) is 1.81. The van der Waals surface area contributed by atoms with Crippen molar-refractivity contribution >= 4 is 29.4 Å². The minimum absolute atomic E-state index is 0.0531. The van der Waals surface area contributed by atoms with Crippen LogP contribution < -0.4 is 16.0 Å². The summed E-state index contributed by atoms with van der Waals surface area (Å²) in [6, 6.07) is -1.44. The molecule has 0 aliphatic carbocycles. The van der Waals surface area contributed by atoms with Gasteiger partial charge in [-0.3, -0.25) is 14.9 Å². The molecule has 0 aromatic heterocycles. The van der Waals surface area contributed by atoms with Crippen molar-refractivity contribution in [3.8, 4) is 0 Å². The van der Waals surface area contributed by atoms with Crippen LogP contribution in [0.2, 0.25) is 0 Å². The van der Waals surface area contributed by atoms with Crippen molar-refractivity contribution in [3.05, 3.63) is 0 Å². The molecule has 0 aliphatic rings. The first-order valence-corrected chi connectivity index (χ1v) is 6.17. The Morgan fingerprint density at radius 3 is 2.22 bits per heavy atom. The zero-order valence-corrected chi connectivity index (χ0v) is 11.9. The molecule has 3 N–H and O–H groups in total. The van der Waals surface area contributed by atoms with Crippen molar-refractivity contribution in [3.63, 3.8) is 0 Å². The highest BCUT2D eigenvalue weighted by Crippen LogP contribution is 1.99. The molecule has 0 aromatic carbocycles. The Kier molecular flexibility index (Phi) is 6.68. The van der Waals surface area contributed by atoms with E-state index in [2.05, 4.69) is 16.0 Å². The molecule has 1 unspecified atom stereocenters. The first kappa shape index (κ1) is 16.7. The Morgan fingerprint density at radius 2 is 1.78 bits per heavy atom. The zero-order chi connectivity index (χ0) is 14.3. The molecule has 104 valence electrons. The monoisotopic (exact) mass is 277 g/mol. The normalized spacial score (nSPS) is 12.5. The van der Waals surface area contributed by atoms with Gasteiger partial charge in [0.2, 0.25) is 11.8 Å². The number of urea groups is 1. The van der Waals surface area contributed by atoms with Gasteiger partial charge in [-0.15, -0.1) is 11.6 Å². The molecule has 4 amide bonds. The van der Waals surface area contributed by atoms with Gasteiger partial charge in [-0.1, -0.05) is 0 Å². The van der Waals surface area contributed by atoms with Crippen LogP contribution in [0.5, 0.6) is 0 Å². The van der Waals surface area contributed by atoms with Gasteiger partial charge in [0.15, 0.2) is 0 Å². The van der Waals surface area contributed by atoms with Gasteiger partial charge in [0.25, 0.3) is 0 Å². The fraction of sp³-hybridized carbons (Fsp3) is 0.727. The highest BCUT2D eigenvalue weighted by molar-refractivity contribution is 6.19. The third-order valence-corrected chi connectivity index (χ3v) is 2.00. The molecular formula is C11H20ClN3O3. The average molecular weight is 278 g/mol. The SMILES string of the molecule is CC(NC(=O)NC(=O)CCCl)C(=O)NC(C)(C)C. The summed E-state index contributed by atoms with van der Waals surface area (Å²) in [5, 5.41) is 7.16. The number of alkyl halides is 1. The number of amides is 4. The summed E-state index contributed by atoms with van der Waals surface area (Å²) >= 11 is 5.35. The van der Waals surface area contributed by atoms with E-state index in [0.717, 1.165) is 0 Å². The van der Waals surface area contributed by atoms with Gasteiger partial charge in [-0.2, -0.15) is 0 Å². The van der Waals surface area contributed by atoms with Crippen LogP contribution in [0, 0.1) is 0 Å². The molecule has 0 aliphatic heterocycles. The molecule has 0 saturated heterocycles. The lowest BCUT2D eigenvalue weighted by Gasteiger charge is -2.23. The second-order valence-electron chi connectivity index (χ2n) is 4.92. The average Bonchev–Trinajstić information content (AvgIpc) is 2.14. The van der Waals surface area contributed by atoms with Crippen LogP contribution in [-0.4, -0.2) is 35.3 Å². The lowest BCUT2D eigenvalue weighted by Crippen LogP contribution is -2.53. The van der Waals surface area contributed by atoms with Crippen LogP contribution in [-0.2, 0) is 9.59 Å². The number of imide groups is 1. The molecule has 1 atom stereocenters. The number of carbonyl (C=O) groups is 3. The van der Waals surface area contributed by atoms with E-state index in [9.17, 15) is 14.4 Å². The highest BCUT2D eigenvalue weighted by Gasteiger charge is 2.21. The largest absolute Gasteiger partial charge is 0.350 e. The number of hydrogen-bond donors (Lipinski definition) is 3. The van der Waals surface area contributed by atoms with Crippen LogP contribution in [0.25, 0.3) is 0 Å². The smallest absolute Gasteiger partial charge is 0.322 e. The Hall–Kier alpha value is -1.30. The zero-order valence-electron chi connectivity index (χ0n) is 11.1. The topological polar surface area (TPSA) is 87.3 Å². The Bertz CT molecular complexity index is 326. The second-order valence-corrected chi connectivity index (χ2v) is 5.30. The predicted octanol–water partition coefficient (Wildman–Crippen LogP) is 0.744. The minimum atomic E-state index is -0.729. The van der Waals surface area contributed by atoms with Crippen LogP contribution in [0.15, 0.2) is 0 Å². The summed E-state index contributed by atoms with van der Waals surface area (Å²) in [6.07, 6.45) is 0.0531. The van der Waals surface area contributed by atoms with E-state index < -0.39 is 18.0 Å². The summed E-state index contributed by atoms with van der Waals surface area (Å²) in [4.78, 5) is 34.1. The van der Waals surface area contributed by atoms with Gasteiger partial charge in [-0.05, 0) is 27.7 Å². The van der Waals surface area contributed by atoms with E-state index in [1.165, 1.54) is 6.92 Å². The summed E-state index contributed by atoms with van der Waals surface area (Å²) < 4.78 is 0. The Labute approximate surface area is 112 Å². The van der Waals surface area contributed by atoms with Crippen LogP contribution in [0.1, 0.15) is 34.1 Å². The van der Waals surface area contributed by atoms with Gasteiger partial charge in [0.1, 0.15) is 6.04 Å². The molecule has 0 saturated carbocycles. The third kappa shape index (κ3) is 7.89. The van der Waals surface area contributed by atoms with Gasteiger partial charge >= 0.3 is 6.03 Å². The number of hydrogen-bond acceptors (Lipinski definition) is 3. The summed E-state index contributed by atoms with van der Waals surface area (Å²) in [7, 11) is 0. The lowest BCUT2D eigenvalue weighted by molar-refractivity contribution is -0.124. The van der Waals surface area contributed by atoms with Gasteiger partial charge in [-0.25, -0.2) is 4.79 Å². The summed E-state index contributed by atoms with van der Waals surface area (Å²) in [5.41, 5.74) is -0.377. The minimum Gasteiger partial charge on any atom is -0.350 e. The first-order valence-electron chi connectivity index (χ1n) is 5.64. The van der Waals surface area contributed by atoms with E-state index in [4.69, 9.17) is 11.6 Å². The van der Waals surface area contributed by atoms with Crippen molar-refractivity contribution in [1.82, 2.24) is 16.0 Å². The summed E-state index contributed by atoms with van der Waals surface area (Å²) in [5.74, 6) is -0.660. The van der Waals surface area contributed by atoms with Crippen molar-refractivity contribution in [2.24, 2.45) is 0 Å². The molecule has 0 spiro atoms. The molecule has 0 rings (SSSR count).